The summed E-state index contributed by atoms with van der Waals surface area (Å²) in [7, 11) is 0. The summed E-state index contributed by atoms with van der Waals surface area (Å²) in [5.41, 5.74) is 1.01. The molecule has 0 atom stereocenters. The van der Waals surface area contributed by atoms with Gasteiger partial charge in [-0.1, -0.05) is 6.92 Å². The van der Waals surface area contributed by atoms with Crippen molar-refractivity contribution in [1.82, 2.24) is 5.01 Å². The highest BCUT2D eigenvalue weighted by Crippen LogP contribution is 2.08. The Bertz CT molecular complexity index is 174. The van der Waals surface area contributed by atoms with Crippen molar-refractivity contribution in [1.29, 1.82) is 0 Å². The van der Waals surface area contributed by atoms with E-state index in [1.54, 1.807) is 0 Å². The van der Waals surface area contributed by atoms with Crippen molar-refractivity contribution in [3.63, 3.8) is 0 Å². The monoisotopic (exact) mass is 140 g/mol. The molecule has 1 amide bonds. The molecule has 10 heavy (non-hydrogen) atoms. The van der Waals surface area contributed by atoms with Crippen LogP contribution in [0.2, 0.25) is 0 Å². The Balaban J connectivity index is 2.61. The van der Waals surface area contributed by atoms with Gasteiger partial charge < -0.3 is 0 Å². The second-order valence-corrected chi connectivity index (χ2v) is 2.31. The van der Waals surface area contributed by atoms with Gasteiger partial charge in [0, 0.05) is 12.3 Å². The fraction of sp³-hybridized carbons (Fsp3) is 0.714. The van der Waals surface area contributed by atoms with Crippen molar-refractivity contribution in [2.24, 2.45) is 5.10 Å². The summed E-state index contributed by atoms with van der Waals surface area (Å²) in [6, 6.07) is 0. The number of hydrazone groups is 1. The van der Waals surface area contributed by atoms with Crippen LogP contribution in [0.15, 0.2) is 5.10 Å². The zero-order chi connectivity index (χ0) is 7.56. The molecular formula is C7H12N2O. The number of carbonyl (C=O) groups excluding carboxylic acids is 1. The molecule has 3 heteroatoms. The van der Waals surface area contributed by atoms with Crippen LogP contribution in [-0.2, 0) is 4.79 Å². The summed E-state index contributed by atoms with van der Waals surface area (Å²) in [6.45, 7) is 4.65. The molecule has 0 aromatic rings. The fourth-order valence-electron chi connectivity index (χ4n) is 0.970. The average Bonchev–Trinajstić information content (AvgIpc) is 2.30. The molecule has 0 saturated heterocycles. The van der Waals surface area contributed by atoms with Gasteiger partial charge >= 0.3 is 0 Å². The predicted molar refractivity (Wildman–Crippen MR) is 39.7 cm³/mol. The van der Waals surface area contributed by atoms with Crippen molar-refractivity contribution in [3.05, 3.63) is 0 Å². The van der Waals surface area contributed by atoms with Gasteiger partial charge in [-0.2, -0.15) is 5.10 Å². The van der Waals surface area contributed by atoms with Gasteiger partial charge in [-0.15, -0.1) is 0 Å². The minimum atomic E-state index is 0.138. The lowest BCUT2D eigenvalue weighted by molar-refractivity contribution is -0.128. The Labute approximate surface area is 60.7 Å². The molecule has 0 fully saturated rings. The van der Waals surface area contributed by atoms with Gasteiger partial charge in [-0.3, -0.25) is 4.79 Å². The fourth-order valence-corrected chi connectivity index (χ4v) is 0.970. The summed E-state index contributed by atoms with van der Waals surface area (Å²) >= 11 is 0. The normalized spacial score (nSPS) is 18.0. The Morgan fingerprint density at radius 1 is 1.60 bits per heavy atom. The Kier molecular flexibility index (Phi) is 2.04. The Morgan fingerprint density at radius 3 is 2.60 bits per heavy atom. The van der Waals surface area contributed by atoms with E-state index >= 15 is 0 Å². The standard InChI is InChI=1S/C7H12N2O/c1-3-6-5-7(10)9(4-2)8-6/h3-5H2,1-2H3. The van der Waals surface area contributed by atoms with E-state index in [4.69, 9.17) is 0 Å². The van der Waals surface area contributed by atoms with Crippen LogP contribution in [0.25, 0.3) is 0 Å². The van der Waals surface area contributed by atoms with Crippen LogP contribution >= 0.6 is 0 Å². The average molecular weight is 140 g/mol. The highest BCUT2D eigenvalue weighted by molar-refractivity contribution is 6.04. The molecule has 0 bridgehead atoms. The number of hydrogen-bond acceptors (Lipinski definition) is 2. The lowest BCUT2D eigenvalue weighted by Gasteiger charge is -2.05. The maximum absolute atomic E-state index is 11.0. The lowest BCUT2D eigenvalue weighted by Crippen LogP contribution is -2.19. The van der Waals surface area contributed by atoms with E-state index in [2.05, 4.69) is 5.10 Å². The molecule has 0 N–H and O–H groups in total. The van der Waals surface area contributed by atoms with Crippen molar-refractivity contribution in [3.8, 4) is 0 Å². The van der Waals surface area contributed by atoms with Crippen molar-refractivity contribution in [2.45, 2.75) is 26.7 Å². The third kappa shape index (κ3) is 1.17. The second-order valence-electron chi connectivity index (χ2n) is 2.31. The molecule has 3 nitrogen and oxygen atoms in total. The molecule has 0 aromatic heterocycles. The van der Waals surface area contributed by atoms with Crippen LogP contribution in [0.1, 0.15) is 26.7 Å². The molecule has 1 heterocycles. The van der Waals surface area contributed by atoms with Gasteiger partial charge in [0.25, 0.3) is 0 Å². The predicted octanol–water partition coefficient (Wildman–Crippen LogP) is 1.00. The summed E-state index contributed by atoms with van der Waals surface area (Å²) in [6.07, 6.45) is 1.42. The van der Waals surface area contributed by atoms with Gasteiger partial charge in [0.2, 0.25) is 5.91 Å². The molecule has 0 saturated carbocycles. The van der Waals surface area contributed by atoms with Crippen LogP contribution in [0.3, 0.4) is 0 Å². The van der Waals surface area contributed by atoms with E-state index in [0.29, 0.717) is 13.0 Å². The van der Waals surface area contributed by atoms with Crippen LogP contribution < -0.4 is 0 Å². The second kappa shape index (κ2) is 2.82. The molecule has 0 aromatic carbocycles. The van der Waals surface area contributed by atoms with Gasteiger partial charge in [0.05, 0.1) is 6.42 Å². The molecule has 0 spiro atoms. The van der Waals surface area contributed by atoms with E-state index in [9.17, 15) is 4.79 Å². The SMILES string of the molecule is CCC1=NN(CC)C(=O)C1. The van der Waals surface area contributed by atoms with E-state index in [-0.39, 0.29) is 5.91 Å². The van der Waals surface area contributed by atoms with E-state index in [1.807, 2.05) is 13.8 Å². The van der Waals surface area contributed by atoms with Crippen molar-refractivity contribution < 1.29 is 4.79 Å². The first-order valence-corrected chi connectivity index (χ1v) is 3.64. The summed E-state index contributed by atoms with van der Waals surface area (Å²) in [5.74, 6) is 0.138. The van der Waals surface area contributed by atoms with Gasteiger partial charge in [-0.25, -0.2) is 5.01 Å². The van der Waals surface area contributed by atoms with E-state index in [0.717, 1.165) is 12.1 Å². The first kappa shape index (κ1) is 7.25. The molecule has 1 aliphatic rings. The highest BCUT2D eigenvalue weighted by atomic mass is 16.2. The van der Waals surface area contributed by atoms with Crippen LogP contribution in [0.5, 0.6) is 0 Å². The third-order valence-electron chi connectivity index (χ3n) is 1.61. The molecule has 56 valence electrons. The largest absolute Gasteiger partial charge is 0.273 e. The zero-order valence-corrected chi connectivity index (χ0v) is 6.42. The molecule has 1 aliphatic heterocycles. The zero-order valence-electron chi connectivity index (χ0n) is 6.42. The van der Waals surface area contributed by atoms with Gasteiger partial charge in [0.1, 0.15) is 0 Å². The number of rotatable bonds is 2. The highest BCUT2D eigenvalue weighted by Gasteiger charge is 2.20. The van der Waals surface area contributed by atoms with Crippen LogP contribution in [-0.4, -0.2) is 23.2 Å². The minimum Gasteiger partial charge on any atom is -0.273 e. The Morgan fingerprint density at radius 2 is 2.30 bits per heavy atom. The summed E-state index contributed by atoms with van der Waals surface area (Å²) < 4.78 is 0. The van der Waals surface area contributed by atoms with E-state index < -0.39 is 0 Å². The molecular weight excluding hydrogens is 128 g/mol. The molecule has 1 rings (SSSR count). The molecule has 0 unspecified atom stereocenters. The quantitative estimate of drug-likeness (QED) is 0.563. The van der Waals surface area contributed by atoms with Crippen LogP contribution in [0.4, 0.5) is 0 Å². The number of amides is 1. The smallest absolute Gasteiger partial charge is 0.248 e. The minimum absolute atomic E-state index is 0.138. The van der Waals surface area contributed by atoms with Crippen molar-refractivity contribution >= 4 is 11.6 Å². The number of nitrogens with zero attached hydrogens (tertiary/aromatic N) is 2. The van der Waals surface area contributed by atoms with Gasteiger partial charge in [0.15, 0.2) is 0 Å². The van der Waals surface area contributed by atoms with E-state index in [1.165, 1.54) is 5.01 Å². The summed E-state index contributed by atoms with van der Waals surface area (Å²) in [4.78, 5) is 11.0. The number of carbonyl (C=O) groups is 1. The maximum atomic E-state index is 11.0. The first-order valence-electron chi connectivity index (χ1n) is 3.64. The van der Waals surface area contributed by atoms with Crippen molar-refractivity contribution in [2.75, 3.05) is 6.54 Å². The third-order valence-corrected chi connectivity index (χ3v) is 1.61. The topological polar surface area (TPSA) is 32.7 Å². The first-order chi connectivity index (χ1) is 4.77. The maximum Gasteiger partial charge on any atom is 0.248 e. The molecule has 0 radical (unpaired) electrons. The number of hydrogen-bond donors (Lipinski definition) is 0. The Hall–Kier alpha value is -0.860. The molecule has 0 aliphatic carbocycles. The lowest BCUT2D eigenvalue weighted by atomic mass is 10.2. The summed E-state index contributed by atoms with van der Waals surface area (Å²) in [5, 5.41) is 5.63. The van der Waals surface area contributed by atoms with Crippen LogP contribution in [0, 0.1) is 0 Å². The van der Waals surface area contributed by atoms with Gasteiger partial charge in [-0.05, 0) is 13.3 Å².